The monoisotopic (exact) mass is 336 g/mol. The SMILES string of the molecule is CC(=O)OC(c1ccccc1)C(Cl)C(=O)c1ccc(Cl)cc1. The standard InChI is InChI=1S/C17H14Cl2O3/c1-11(20)22-17(13-5-3-2-4-6-13)15(19)16(21)12-7-9-14(18)10-8-12/h2-10,15,17H,1H3. The maximum absolute atomic E-state index is 12.5. The van der Waals surface area contributed by atoms with Crippen LogP contribution in [0.25, 0.3) is 0 Å². The second kappa shape index (κ2) is 7.43. The summed E-state index contributed by atoms with van der Waals surface area (Å²) in [6, 6.07) is 15.4. The van der Waals surface area contributed by atoms with Crippen LogP contribution in [0.3, 0.4) is 0 Å². The van der Waals surface area contributed by atoms with Crippen molar-refractivity contribution in [2.75, 3.05) is 0 Å². The lowest BCUT2D eigenvalue weighted by Crippen LogP contribution is -2.26. The maximum atomic E-state index is 12.5. The van der Waals surface area contributed by atoms with Crippen molar-refractivity contribution in [3.05, 3.63) is 70.7 Å². The summed E-state index contributed by atoms with van der Waals surface area (Å²) in [6.45, 7) is 1.28. The van der Waals surface area contributed by atoms with E-state index in [1.165, 1.54) is 6.92 Å². The molecule has 0 aliphatic carbocycles. The van der Waals surface area contributed by atoms with Crippen molar-refractivity contribution >= 4 is 35.0 Å². The fourth-order valence-electron chi connectivity index (χ4n) is 2.03. The fraction of sp³-hybridized carbons (Fsp3) is 0.176. The number of esters is 1. The molecule has 5 heteroatoms. The molecule has 0 radical (unpaired) electrons. The molecule has 0 spiro atoms. The van der Waals surface area contributed by atoms with Gasteiger partial charge in [0.15, 0.2) is 11.9 Å². The molecule has 3 nitrogen and oxygen atoms in total. The van der Waals surface area contributed by atoms with Crippen LogP contribution in [-0.4, -0.2) is 17.1 Å². The van der Waals surface area contributed by atoms with Crippen LogP contribution < -0.4 is 0 Å². The first-order valence-electron chi connectivity index (χ1n) is 6.65. The largest absolute Gasteiger partial charge is 0.456 e. The molecule has 2 aromatic rings. The second-order valence-electron chi connectivity index (χ2n) is 4.71. The number of hydrogen-bond acceptors (Lipinski definition) is 3. The number of ether oxygens (including phenoxy) is 1. The molecule has 0 heterocycles. The summed E-state index contributed by atoms with van der Waals surface area (Å²) in [5.41, 5.74) is 1.08. The van der Waals surface area contributed by atoms with Crippen molar-refractivity contribution in [1.82, 2.24) is 0 Å². The minimum absolute atomic E-state index is 0.326. The van der Waals surface area contributed by atoms with Gasteiger partial charge in [0, 0.05) is 17.5 Å². The molecule has 2 rings (SSSR count). The lowest BCUT2D eigenvalue weighted by atomic mass is 9.99. The van der Waals surface area contributed by atoms with E-state index in [0.717, 1.165) is 0 Å². The molecule has 0 saturated carbocycles. The molecule has 2 atom stereocenters. The minimum atomic E-state index is -1.02. The van der Waals surface area contributed by atoms with E-state index in [0.29, 0.717) is 16.1 Å². The molecule has 2 unspecified atom stereocenters. The zero-order valence-electron chi connectivity index (χ0n) is 11.8. The van der Waals surface area contributed by atoms with Crippen molar-refractivity contribution in [1.29, 1.82) is 0 Å². The summed E-state index contributed by atoms with van der Waals surface area (Å²) in [6.07, 6.45) is -0.844. The van der Waals surface area contributed by atoms with Gasteiger partial charge in [-0.15, -0.1) is 11.6 Å². The third kappa shape index (κ3) is 4.09. The number of carbonyl (C=O) groups is 2. The molecule has 0 N–H and O–H groups in total. The number of Topliss-reactive ketones (excluding diaryl/α,β-unsaturated/α-hetero) is 1. The molecule has 0 amide bonds. The van der Waals surface area contributed by atoms with Crippen molar-refractivity contribution in [3.63, 3.8) is 0 Å². The molecular formula is C17H14Cl2O3. The first-order valence-corrected chi connectivity index (χ1v) is 7.46. The Labute approximate surface area is 138 Å². The van der Waals surface area contributed by atoms with Crippen molar-refractivity contribution < 1.29 is 14.3 Å². The Hall–Kier alpha value is -1.84. The predicted molar refractivity (Wildman–Crippen MR) is 86.4 cm³/mol. The molecule has 22 heavy (non-hydrogen) atoms. The number of ketones is 1. The van der Waals surface area contributed by atoms with Gasteiger partial charge in [-0.2, -0.15) is 0 Å². The van der Waals surface area contributed by atoms with Crippen LogP contribution in [0.1, 0.15) is 28.9 Å². The summed E-state index contributed by atoms with van der Waals surface area (Å²) in [7, 11) is 0. The Balaban J connectivity index is 2.28. The van der Waals surface area contributed by atoms with Gasteiger partial charge in [-0.1, -0.05) is 41.9 Å². The molecular weight excluding hydrogens is 323 g/mol. The summed E-state index contributed by atoms with van der Waals surface area (Å²) < 4.78 is 5.25. The van der Waals surface area contributed by atoms with E-state index in [9.17, 15) is 9.59 Å². The van der Waals surface area contributed by atoms with Gasteiger partial charge in [0.1, 0.15) is 5.38 Å². The molecule has 0 aromatic heterocycles. The second-order valence-corrected chi connectivity index (χ2v) is 5.62. The van der Waals surface area contributed by atoms with Crippen molar-refractivity contribution in [2.45, 2.75) is 18.4 Å². The summed E-state index contributed by atoms with van der Waals surface area (Å²) >= 11 is 12.1. The summed E-state index contributed by atoms with van der Waals surface area (Å²) in [4.78, 5) is 23.8. The third-order valence-electron chi connectivity index (χ3n) is 3.07. The lowest BCUT2D eigenvalue weighted by molar-refractivity contribution is -0.146. The normalized spacial score (nSPS) is 13.2. The van der Waals surface area contributed by atoms with Gasteiger partial charge in [-0.25, -0.2) is 0 Å². The van der Waals surface area contributed by atoms with Crippen LogP contribution >= 0.6 is 23.2 Å². The number of hydrogen-bond donors (Lipinski definition) is 0. The van der Waals surface area contributed by atoms with Crippen LogP contribution in [0, 0.1) is 0 Å². The number of alkyl halides is 1. The first kappa shape index (κ1) is 16.5. The highest BCUT2D eigenvalue weighted by Gasteiger charge is 2.31. The zero-order valence-corrected chi connectivity index (χ0v) is 13.3. The Morgan fingerprint density at radius 2 is 1.59 bits per heavy atom. The molecule has 0 aliphatic heterocycles. The van der Waals surface area contributed by atoms with E-state index in [1.54, 1.807) is 48.5 Å². The Morgan fingerprint density at radius 3 is 2.14 bits per heavy atom. The highest BCUT2D eigenvalue weighted by atomic mass is 35.5. The van der Waals surface area contributed by atoms with Gasteiger partial charge in [-0.05, 0) is 29.8 Å². The molecule has 0 saturated heterocycles. The van der Waals surface area contributed by atoms with E-state index < -0.39 is 17.5 Å². The van der Waals surface area contributed by atoms with Gasteiger partial charge in [0.2, 0.25) is 0 Å². The van der Waals surface area contributed by atoms with E-state index in [4.69, 9.17) is 27.9 Å². The number of benzene rings is 2. The number of halogens is 2. The highest BCUT2D eigenvalue weighted by molar-refractivity contribution is 6.34. The van der Waals surface area contributed by atoms with Gasteiger partial charge >= 0.3 is 5.97 Å². The average Bonchev–Trinajstić information content (AvgIpc) is 2.52. The molecule has 2 aromatic carbocycles. The topological polar surface area (TPSA) is 43.4 Å². The molecule has 0 bridgehead atoms. The minimum Gasteiger partial charge on any atom is -0.456 e. The van der Waals surface area contributed by atoms with Gasteiger partial charge < -0.3 is 4.74 Å². The van der Waals surface area contributed by atoms with Gasteiger partial charge in [-0.3, -0.25) is 9.59 Å². The van der Waals surface area contributed by atoms with Gasteiger partial charge in [0.25, 0.3) is 0 Å². The van der Waals surface area contributed by atoms with E-state index in [1.807, 2.05) is 6.07 Å². The van der Waals surface area contributed by atoms with Crippen LogP contribution in [0.4, 0.5) is 0 Å². The smallest absolute Gasteiger partial charge is 0.303 e. The van der Waals surface area contributed by atoms with Gasteiger partial charge in [0.05, 0.1) is 0 Å². The molecule has 114 valence electrons. The van der Waals surface area contributed by atoms with E-state index >= 15 is 0 Å². The van der Waals surface area contributed by atoms with Crippen LogP contribution in [-0.2, 0) is 9.53 Å². The fourth-order valence-corrected chi connectivity index (χ4v) is 2.48. The van der Waals surface area contributed by atoms with Crippen molar-refractivity contribution in [3.8, 4) is 0 Å². The Kier molecular flexibility index (Phi) is 5.58. The lowest BCUT2D eigenvalue weighted by Gasteiger charge is -2.21. The zero-order chi connectivity index (χ0) is 16.1. The Bertz CT molecular complexity index is 653. The number of carbonyl (C=O) groups excluding carboxylic acids is 2. The predicted octanol–water partition coefficient (Wildman–Crippen LogP) is 4.43. The Morgan fingerprint density at radius 1 is 1.00 bits per heavy atom. The number of rotatable bonds is 5. The quantitative estimate of drug-likeness (QED) is 0.460. The first-order chi connectivity index (χ1) is 10.5. The summed E-state index contributed by atoms with van der Waals surface area (Å²) in [5.74, 6) is -0.822. The van der Waals surface area contributed by atoms with Crippen LogP contribution in [0.2, 0.25) is 5.02 Å². The molecule has 0 aliphatic rings. The maximum Gasteiger partial charge on any atom is 0.303 e. The van der Waals surface area contributed by atoms with Crippen LogP contribution in [0.5, 0.6) is 0 Å². The van der Waals surface area contributed by atoms with Crippen LogP contribution in [0.15, 0.2) is 54.6 Å². The summed E-state index contributed by atoms with van der Waals surface area (Å²) in [5, 5.41) is -0.491. The van der Waals surface area contributed by atoms with E-state index in [2.05, 4.69) is 0 Å². The highest BCUT2D eigenvalue weighted by Crippen LogP contribution is 2.28. The van der Waals surface area contributed by atoms with Crippen molar-refractivity contribution in [2.24, 2.45) is 0 Å². The van der Waals surface area contributed by atoms with E-state index in [-0.39, 0.29) is 5.78 Å². The molecule has 0 fully saturated rings. The third-order valence-corrected chi connectivity index (χ3v) is 3.75. The average molecular weight is 337 g/mol.